The quantitative estimate of drug-likeness (QED) is 0.626. The zero-order chi connectivity index (χ0) is 10.2. The highest BCUT2D eigenvalue weighted by atomic mass is 79.9. The molecular formula is C11H17BrN2. The number of nitrogens with one attached hydrogen (secondary N) is 1. The predicted octanol–water partition coefficient (Wildman–Crippen LogP) is 2.73. The van der Waals surface area contributed by atoms with Crippen molar-refractivity contribution < 1.29 is 0 Å². The van der Waals surface area contributed by atoms with Gasteiger partial charge >= 0.3 is 0 Å². The molecule has 0 fully saturated rings. The molecular weight excluding hydrogens is 240 g/mol. The van der Waals surface area contributed by atoms with E-state index in [0.717, 1.165) is 13.1 Å². The monoisotopic (exact) mass is 256 g/mol. The number of hydrogen-bond donors (Lipinski definition) is 1. The lowest BCUT2D eigenvalue weighted by molar-refractivity contribution is 0.629. The van der Waals surface area contributed by atoms with Crippen molar-refractivity contribution in [3.8, 4) is 0 Å². The van der Waals surface area contributed by atoms with Gasteiger partial charge in [-0.25, -0.2) is 0 Å². The topological polar surface area (TPSA) is 24.9 Å². The number of pyridine rings is 1. The average Bonchev–Trinajstić information content (AvgIpc) is 2.25. The molecule has 1 aromatic rings. The molecule has 0 saturated heterocycles. The van der Waals surface area contributed by atoms with Crippen LogP contribution in [0.3, 0.4) is 0 Å². The van der Waals surface area contributed by atoms with Gasteiger partial charge in [0.2, 0.25) is 0 Å². The molecule has 0 aliphatic heterocycles. The summed E-state index contributed by atoms with van der Waals surface area (Å²) in [4.78, 5) is 4.71. The Balaban J connectivity index is 2.10. The van der Waals surface area contributed by atoms with Crippen molar-refractivity contribution in [1.29, 1.82) is 0 Å². The zero-order valence-corrected chi connectivity index (χ0v) is 10.1. The molecule has 0 amide bonds. The SMILES string of the molecule is CCC(Br)CCNCc1cccnc1. The molecule has 1 rings (SSSR count). The van der Waals surface area contributed by atoms with Crippen LogP contribution in [0.15, 0.2) is 24.5 Å². The van der Waals surface area contributed by atoms with E-state index in [2.05, 4.69) is 39.2 Å². The Bertz CT molecular complexity index is 238. The van der Waals surface area contributed by atoms with Gasteiger partial charge in [-0.1, -0.05) is 28.9 Å². The van der Waals surface area contributed by atoms with Crippen LogP contribution in [-0.2, 0) is 6.54 Å². The molecule has 0 radical (unpaired) electrons. The fourth-order valence-corrected chi connectivity index (χ4v) is 1.43. The minimum absolute atomic E-state index is 0.642. The van der Waals surface area contributed by atoms with E-state index in [-0.39, 0.29) is 0 Å². The molecule has 0 spiro atoms. The summed E-state index contributed by atoms with van der Waals surface area (Å²) in [7, 11) is 0. The van der Waals surface area contributed by atoms with Crippen molar-refractivity contribution in [1.82, 2.24) is 10.3 Å². The Morgan fingerprint density at radius 1 is 1.57 bits per heavy atom. The van der Waals surface area contributed by atoms with Crippen LogP contribution in [0.2, 0.25) is 0 Å². The van der Waals surface area contributed by atoms with E-state index in [9.17, 15) is 0 Å². The largest absolute Gasteiger partial charge is 0.313 e. The smallest absolute Gasteiger partial charge is 0.0312 e. The molecule has 0 bridgehead atoms. The van der Waals surface area contributed by atoms with E-state index in [0.29, 0.717) is 4.83 Å². The number of hydrogen-bond acceptors (Lipinski definition) is 2. The number of alkyl halides is 1. The second-order valence-electron chi connectivity index (χ2n) is 3.33. The van der Waals surface area contributed by atoms with Gasteiger partial charge in [-0.15, -0.1) is 0 Å². The van der Waals surface area contributed by atoms with E-state index in [4.69, 9.17) is 0 Å². The maximum absolute atomic E-state index is 4.07. The molecule has 1 aromatic heterocycles. The third-order valence-corrected chi connectivity index (χ3v) is 3.23. The average molecular weight is 257 g/mol. The molecule has 14 heavy (non-hydrogen) atoms. The Hall–Kier alpha value is -0.410. The summed E-state index contributed by atoms with van der Waals surface area (Å²) < 4.78 is 0. The summed E-state index contributed by atoms with van der Waals surface area (Å²) in [6, 6.07) is 4.06. The number of nitrogens with zero attached hydrogens (tertiary/aromatic N) is 1. The van der Waals surface area contributed by atoms with Crippen LogP contribution in [0, 0.1) is 0 Å². The van der Waals surface area contributed by atoms with Crippen LogP contribution in [0.5, 0.6) is 0 Å². The highest BCUT2D eigenvalue weighted by molar-refractivity contribution is 9.09. The Morgan fingerprint density at radius 3 is 3.07 bits per heavy atom. The van der Waals surface area contributed by atoms with Crippen LogP contribution in [0.4, 0.5) is 0 Å². The molecule has 0 saturated carbocycles. The number of rotatable bonds is 6. The molecule has 0 aromatic carbocycles. The van der Waals surface area contributed by atoms with Gasteiger partial charge in [0.1, 0.15) is 0 Å². The van der Waals surface area contributed by atoms with Crippen LogP contribution in [0.25, 0.3) is 0 Å². The van der Waals surface area contributed by atoms with Gasteiger partial charge in [0.25, 0.3) is 0 Å². The standard InChI is InChI=1S/C11H17BrN2/c1-2-11(12)5-7-14-9-10-4-3-6-13-8-10/h3-4,6,8,11,14H,2,5,7,9H2,1H3. The highest BCUT2D eigenvalue weighted by Crippen LogP contribution is 2.07. The summed E-state index contributed by atoms with van der Waals surface area (Å²) >= 11 is 3.61. The lowest BCUT2D eigenvalue weighted by atomic mass is 10.2. The van der Waals surface area contributed by atoms with E-state index in [1.807, 2.05) is 12.3 Å². The van der Waals surface area contributed by atoms with Crippen molar-refractivity contribution in [3.05, 3.63) is 30.1 Å². The van der Waals surface area contributed by atoms with Gasteiger partial charge in [-0.05, 0) is 31.0 Å². The molecule has 1 atom stereocenters. The van der Waals surface area contributed by atoms with Crippen LogP contribution < -0.4 is 5.32 Å². The van der Waals surface area contributed by atoms with Crippen molar-refractivity contribution in [3.63, 3.8) is 0 Å². The lowest BCUT2D eigenvalue weighted by Gasteiger charge is -2.07. The molecule has 3 heteroatoms. The fourth-order valence-electron chi connectivity index (χ4n) is 1.20. The molecule has 2 nitrogen and oxygen atoms in total. The first-order valence-electron chi connectivity index (χ1n) is 5.06. The summed E-state index contributed by atoms with van der Waals surface area (Å²) in [6.45, 7) is 4.16. The first kappa shape index (κ1) is 11.7. The second-order valence-corrected chi connectivity index (χ2v) is 4.63. The first-order chi connectivity index (χ1) is 6.83. The van der Waals surface area contributed by atoms with Gasteiger partial charge in [0, 0.05) is 23.8 Å². The number of aromatic nitrogens is 1. The van der Waals surface area contributed by atoms with Crippen molar-refractivity contribution in [2.75, 3.05) is 6.54 Å². The van der Waals surface area contributed by atoms with E-state index < -0.39 is 0 Å². The first-order valence-corrected chi connectivity index (χ1v) is 5.98. The Morgan fingerprint density at radius 2 is 2.43 bits per heavy atom. The third kappa shape index (κ3) is 4.72. The maximum atomic E-state index is 4.07. The van der Waals surface area contributed by atoms with Crippen LogP contribution >= 0.6 is 15.9 Å². The minimum atomic E-state index is 0.642. The lowest BCUT2D eigenvalue weighted by Crippen LogP contribution is -2.17. The van der Waals surface area contributed by atoms with Gasteiger partial charge in [0.15, 0.2) is 0 Å². The summed E-state index contributed by atoms with van der Waals surface area (Å²) in [5.41, 5.74) is 1.25. The Kier molecular flexibility index (Phi) is 5.80. The maximum Gasteiger partial charge on any atom is 0.0312 e. The van der Waals surface area contributed by atoms with Gasteiger partial charge < -0.3 is 5.32 Å². The number of halogens is 1. The van der Waals surface area contributed by atoms with E-state index in [1.54, 1.807) is 6.20 Å². The molecule has 0 aliphatic carbocycles. The highest BCUT2D eigenvalue weighted by Gasteiger charge is 1.99. The van der Waals surface area contributed by atoms with Gasteiger partial charge in [-0.2, -0.15) is 0 Å². The van der Waals surface area contributed by atoms with Crippen LogP contribution in [-0.4, -0.2) is 16.4 Å². The summed E-state index contributed by atoms with van der Waals surface area (Å²) in [5.74, 6) is 0. The summed E-state index contributed by atoms with van der Waals surface area (Å²) in [5, 5.41) is 3.40. The predicted molar refractivity (Wildman–Crippen MR) is 63.6 cm³/mol. The van der Waals surface area contributed by atoms with E-state index in [1.165, 1.54) is 18.4 Å². The second kappa shape index (κ2) is 6.96. The molecule has 1 unspecified atom stereocenters. The van der Waals surface area contributed by atoms with Crippen LogP contribution in [0.1, 0.15) is 25.3 Å². The van der Waals surface area contributed by atoms with Crippen molar-refractivity contribution in [2.45, 2.75) is 31.1 Å². The summed E-state index contributed by atoms with van der Waals surface area (Å²) in [6.07, 6.45) is 6.07. The van der Waals surface area contributed by atoms with Crippen molar-refractivity contribution in [2.24, 2.45) is 0 Å². The Labute approximate surface area is 94.3 Å². The zero-order valence-electron chi connectivity index (χ0n) is 8.54. The third-order valence-electron chi connectivity index (χ3n) is 2.13. The van der Waals surface area contributed by atoms with E-state index >= 15 is 0 Å². The normalized spacial score (nSPS) is 12.7. The fraction of sp³-hybridized carbons (Fsp3) is 0.545. The van der Waals surface area contributed by atoms with Gasteiger partial charge in [-0.3, -0.25) is 4.98 Å². The van der Waals surface area contributed by atoms with Gasteiger partial charge in [0.05, 0.1) is 0 Å². The minimum Gasteiger partial charge on any atom is -0.313 e. The van der Waals surface area contributed by atoms with Crippen molar-refractivity contribution >= 4 is 15.9 Å². The molecule has 1 N–H and O–H groups in total. The molecule has 0 aliphatic rings. The molecule has 1 heterocycles. The molecule has 78 valence electrons.